The van der Waals surface area contributed by atoms with Crippen molar-refractivity contribution in [3.63, 3.8) is 0 Å². The number of fused-ring (bicyclic) bond motifs is 1. The molecule has 0 radical (unpaired) electrons. The third-order valence-electron chi connectivity index (χ3n) is 5.32. The summed E-state index contributed by atoms with van der Waals surface area (Å²) in [5.41, 5.74) is 1.57. The molecule has 0 bridgehead atoms. The van der Waals surface area contributed by atoms with Crippen molar-refractivity contribution in [3.8, 4) is 5.75 Å². The van der Waals surface area contributed by atoms with Gasteiger partial charge in [-0.1, -0.05) is 50.5 Å². The number of oxazole rings is 1. The zero-order valence-corrected chi connectivity index (χ0v) is 18.6. The van der Waals surface area contributed by atoms with E-state index in [-0.39, 0.29) is 0 Å². The van der Waals surface area contributed by atoms with Crippen LogP contribution in [0.25, 0.3) is 11.1 Å². The minimum absolute atomic E-state index is 0.548. The van der Waals surface area contributed by atoms with Crippen LogP contribution in [0.2, 0.25) is 0 Å². The number of aliphatic carboxylic acids is 1. The third kappa shape index (κ3) is 6.23. The lowest BCUT2D eigenvalue weighted by molar-refractivity contribution is -0.152. The van der Waals surface area contributed by atoms with E-state index in [0.29, 0.717) is 11.8 Å². The van der Waals surface area contributed by atoms with Crippen molar-refractivity contribution in [1.82, 2.24) is 4.98 Å². The number of hydrogen-bond acceptors (Lipinski definition) is 5. The van der Waals surface area contributed by atoms with Gasteiger partial charge in [-0.2, -0.15) is 4.98 Å². The van der Waals surface area contributed by atoms with Crippen LogP contribution in [0.1, 0.15) is 52.0 Å². The number of ether oxygens (including phenoxy) is 1. The molecule has 1 aromatic heterocycles. The Labute approximate surface area is 183 Å². The topological polar surface area (TPSA) is 75.8 Å². The highest BCUT2D eigenvalue weighted by Gasteiger charge is 2.29. The van der Waals surface area contributed by atoms with Crippen molar-refractivity contribution in [2.45, 2.75) is 58.5 Å². The second-order valence-corrected chi connectivity index (χ2v) is 8.32. The maximum absolute atomic E-state index is 11.3. The first-order valence-corrected chi connectivity index (χ1v) is 11.0. The third-order valence-corrected chi connectivity index (χ3v) is 5.32. The summed E-state index contributed by atoms with van der Waals surface area (Å²) in [7, 11) is 0. The van der Waals surface area contributed by atoms with E-state index < -0.39 is 11.6 Å². The highest BCUT2D eigenvalue weighted by atomic mass is 16.5. The molecule has 1 heterocycles. The summed E-state index contributed by atoms with van der Waals surface area (Å²) in [5, 5.41) is 9.22. The van der Waals surface area contributed by atoms with E-state index in [0.717, 1.165) is 42.6 Å². The van der Waals surface area contributed by atoms with Gasteiger partial charge in [-0.05, 0) is 56.5 Å². The fourth-order valence-corrected chi connectivity index (χ4v) is 3.35. The van der Waals surface area contributed by atoms with E-state index >= 15 is 0 Å². The van der Waals surface area contributed by atoms with Crippen molar-refractivity contribution in [1.29, 1.82) is 0 Å². The van der Waals surface area contributed by atoms with Crippen LogP contribution in [0.3, 0.4) is 0 Å². The average Bonchev–Trinajstić information content (AvgIpc) is 3.18. The van der Waals surface area contributed by atoms with Crippen molar-refractivity contribution in [2.24, 2.45) is 0 Å². The number of unbranched alkanes of at least 4 members (excludes halogenated alkanes) is 3. The van der Waals surface area contributed by atoms with Gasteiger partial charge in [0.2, 0.25) is 0 Å². The zero-order chi connectivity index (χ0) is 22.3. The quantitative estimate of drug-likeness (QED) is 0.376. The van der Waals surface area contributed by atoms with Crippen LogP contribution >= 0.6 is 0 Å². The first-order valence-electron chi connectivity index (χ1n) is 11.0. The molecule has 6 nitrogen and oxygen atoms in total. The van der Waals surface area contributed by atoms with Crippen LogP contribution < -0.4 is 9.64 Å². The normalized spacial score (nSPS) is 11.6. The molecule has 2 aromatic carbocycles. The molecule has 166 valence electrons. The first kappa shape index (κ1) is 22.7. The monoisotopic (exact) mass is 424 g/mol. The van der Waals surface area contributed by atoms with Gasteiger partial charge >= 0.3 is 5.97 Å². The van der Waals surface area contributed by atoms with Crippen molar-refractivity contribution in [3.05, 3.63) is 54.1 Å². The van der Waals surface area contributed by atoms with E-state index in [9.17, 15) is 9.90 Å². The fraction of sp³-hybridized carbons (Fsp3) is 0.440. The molecule has 0 aliphatic carbocycles. The second kappa shape index (κ2) is 10.3. The predicted molar refractivity (Wildman–Crippen MR) is 123 cm³/mol. The minimum Gasteiger partial charge on any atom is -0.478 e. The summed E-state index contributed by atoms with van der Waals surface area (Å²) in [4.78, 5) is 18.1. The molecule has 0 amide bonds. The Morgan fingerprint density at radius 3 is 2.48 bits per heavy atom. The molecule has 3 rings (SSSR count). The zero-order valence-electron chi connectivity index (χ0n) is 18.6. The summed E-state index contributed by atoms with van der Waals surface area (Å²) in [5.74, 6) is -0.444. The number of carboxylic acid groups (broad SMARTS) is 1. The number of nitrogens with zero attached hydrogens (tertiary/aromatic N) is 2. The second-order valence-electron chi connectivity index (χ2n) is 8.32. The van der Waals surface area contributed by atoms with Crippen LogP contribution in [0, 0.1) is 0 Å². The summed E-state index contributed by atoms with van der Waals surface area (Å²) >= 11 is 0. The maximum atomic E-state index is 11.3. The van der Waals surface area contributed by atoms with Gasteiger partial charge in [-0.3, -0.25) is 0 Å². The van der Waals surface area contributed by atoms with Crippen LogP contribution in [0.5, 0.6) is 5.75 Å². The first-order chi connectivity index (χ1) is 14.9. The van der Waals surface area contributed by atoms with Gasteiger partial charge in [0.05, 0.1) is 0 Å². The number of hydrogen-bond donors (Lipinski definition) is 1. The number of carbonyl (C=O) groups is 1. The Bertz CT molecular complexity index is 946. The molecule has 6 heteroatoms. The number of rotatable bonds is 12. The maximum Gasteiger partial charge on any atom is 0.347 e. The number of aromatic nitrogens is 1. The lowest BCUT2D eigenvalue weighted by Crippen LogP contribution is -2.37. The number of carboxylic acids is 1. The van der Waals surface area contributed by atoms with Gasteiger partial charge in [-0.25, -0.2) is 4.79 Å². The molecule has 0 aliphatic heterocycles. The lowest BCUT2D eigenvalue weighted by atomic mass is 10.1. The highest BCUT2D eigenvalue weighted by molar-refractivity contribution is 5.76. The predicted octanol–water partition coefficient (Wildman–Crippen LogP) is 5.70. The molecular formula is C25H32N2O4. The Hall–Kier alpha value is -3.02. The minimum atomic E-state index is -1.26. The van der Waals surface area contributed by atoms with Gasteiger partial charge in [0.15, 0.2) is 11.2 Å². The Kier molecular flexibility index (Phi) is 7.55. The van der Waals surface area contributed by atoms with Crippen LogP contribution in [0.15, 0.2) is 52.9 Å². The largest absolute Gasteiger partial charge is 0.478 e. The molecule has 0 saturated heterocycles. The van der Waals surface area contributed by atoms with Crippen molar-refractivity contribution in [2.75, 3.05) is 18.0 Å². The van der Waals surface area contributed by atoms with Gasteiger partial charge in [0.1, 0.15) is 11.3 Å². The molecule has 0 aliphatic rings. The summed E-state index contributed by atoms with van der Waals surface area (Å²) in [6.07, 6.45) is 5.56. The van der Waals surface area contributed by atoms with Crippen LogP contribution in [0.4, 0.5) is 6.01 Å². The summed E-state index contributed by atoms with van der Waals surface area (Å²) in [6.45, 7) is 6.99. The van der Waals surface area contributed by atoms with Crippen molar-refractivity contribution < 1.29 is 19.1 Å². The fourth-order valence-electron chi connectivity index (χ4n) is 3.35. The van der Waals surface area contributed by atoms with Gasteiger partial charge in [0, 0.05) is 13.1 Å². The molecule has 0 saturated carbocycles. The Morgan fingerprint density at radius 1 is 1.06 bits per heavy atom. The Morgan fingerprint density at radius 2 is 1.81 bits per heavy atom. The smallest absolute Gasteiger partial charge is 0.347 e. The van der Waals surface area contributed by atoms with Gasteiger partial charge in [0.25, 0.3) is 6.01 Å². The average molecular weight is 425 g/mol. The summed E-state index contributed by atoms with van der Waals surface area (Å²) in [6, 6.07) is 16.1. The molecule has 0 spiro atoms. The molecule has 1 N–H and O–H groups in total. The molecule has 0 fully saturated rings. The molecule has 0 atom stereocenters. The van der Waals surface area contributed by atoms with E-state index in [1.807, 2.05) is 48.5 Å². The van der Waals surface area contributed by atoms with E-state index in [4.69, 9.17) is 9.15 Å². The van der Waals surface area contributed by atoms with E-state index in [1.54, 1.807) is 13.8 Å². The number of benzene rings is 2. The van der Waals surface area contributed by atoms with Crippen LogP contribution in [-0.2, 0) is 11.2 Å². The molecule has 3 aromatic rings. The molecular weight excluding hydrogens is 392 g/mol. The SMILES string of the molecule is CCCCCCN(CCc1ccc(OC(C)(C)C(=O)O)cc1)c1nc2ccccc2o1. The molecule has 0 unspecified atom stereocenters. The number of para-hydroxylation sites is 2. The molecule has 31 heavy (non-hydrogen) atoms. The lowest BCUT2D eigenvalue weighted by Gasteiger charge is -2.22. The number of anilines is 1. The van der Waals surface area contributed by atoms with Gasteiger partial charge < -0.3 is 19.2 Å². The highest BCUT2D eigenvalue weighted by Crippen LogP contribution is 2.23. The van der Waals surface area contributed by atoms with E-state index in [2.05, 4.69) is 16.8 Å². The van der Waals surface area contributed by atoms with Gasteiger partial charge in [-0.15, -0.1) is 0 Å². The van der Waals surface area contributed by atoms with Crippen molar-refractivity contribution >= 4 is 23.1 Å². The summed E-state index contributed by atoms with van der Waals surface area (Å²) < 4.78 is 11.6. The standard InChI is InChI=1S/C25H32N2O4/c1-4-5-6-9-17-27(24-26-21-10-7-8-11-22(21)30-24)18-16-19-12-14-20(15-13-19)31-25(2,3)23(28)29/h7-8,10-15H,4-6,9,16-18H2,1-3H3,(H,28,29). The van der Waals surface area contributed by atoms with E-state index in [1.165, 1.54) is 19.3 Å². The van der Waals surface area contributed by atoms with Crippen LogP contribution in [-0.4, -0.2) is 34.8 Å². The Balaban J connectivity index is 1.66.